The second kappa shape index (κ2) is 7.70. The molecule has 27 heavy (non-hydrogen) atoms. The Balaban J connectivity index is 1.69. The van der Waals surface area contributed by atoms with Crippen molar-refractivity contribution >= 4 is 18.1 Å². The standard InChI is InChI=1S/C21H18N2O4/c1-13-3-5-15(6-4-13)20(24)23-22-12-17-8-10-19(27-17)18-9-7-16(21(25)26)11-14(18)2/h3-12H,1-2H3,(H,23,24)(H,25,26)/b22-12-. The summed E-state index contributed by atoms with van der Waals surface area (Å²) in [6, 6.07) is 15.5. The average molecular weight is 362 g/mol. The first-order chi connectivity index (χ1) is 12.9. The molecule has 6 nitrogen and oxygen atoms in total. The summed E-state index contributed by atoms with van der Waals surface area (Å²) in [7, 11) is 0. The number of aromatic carboxylic acids is 1. The highest BCUT2D eigenvalue weighted by Gasteiger charge is 2.10. The zero-order chi connectivity index (χ0) is 19.4. The van der Waals surface area contributed by atoms with Crippen LogP contribution in [-0.2, 0) is 0 Å². The van der Waals surface area contributed by atoms with Crippen molar-refractivity contribution in [2.75, 3.05) is 0 Å². The molecular formula is C21H18N2O4. The number of amides is 1. The number of nitrogens with zero attached hydrogens (tertiary/aromatic N) is 1. The minimum atomic E-state index is -0.971. The molecule has 6 heteroatoms. The molecule has 0 aliphatic heterocycles. The normalized spacial score (nSPS) is 10.9. The van der Waals surface area contributed by atoms with Crippen LogP contribution in [0, 0.1) is 13.8 Å². The number of benzene rings is 2. The second-order valence-corrected chi connectivity index (χ2v) is 6.10. The monoisotopic (exact) mass is 362 g/mol. The maximum Gasteiger partial charge on any atom is 0.335 e. The van der Waals surface area contributed by atoms with Crippen molar-refractivity contribution in [3.8, 4) is 11.3 Å². The van der Waals surface area contributed by atoms with Crippen molar-refractivity contribution in [2.45, 2.75) is 13.8 Å². The molecule has 1 amide bonds. The number of rotatable bonds is 5. The lowest BCUT2D eigenvalue weighted by Gasteiger charge is -2.03. The van der Waals surface area contributed by atoms with Crippen LogP contribution in [0.15, 0.2) is 64.1 Å². The van der Waals surface area contributed by atoms with Crippen LogP contribution in [-0.4, -0.2) is 23.2 Å². The summed E-state index contributed by atoms with van der Waals surface area (Å²) in [5.74, 6) is -0.217. The lowest BCUT2D eigenvalue weighted by atomic mass is 10.0. The molecule has 0 fully saturated rings. The number of hydrazone groups is 1. The van der Waals surface area contributed by atoms with E-state index in [1.807, 2.05) is 26.0 Å². The summed E-state index contributed by atoms with van der Waals surface area (Å²) >= 11 is 0. The molecule has 0 aliphatic carbocycles. The fraction of sp³-hybridized carbons (Fsp3) is 0.0952. The molecule has 2 N–H and O–H groups in total. The van der Waals surface area contributed by atoms with Gasteiger partial charge in [0.15, 0.2) is 0 Å². The van der Waals surface area contributed by atoms with Crippen LogP contribution in [0.4, 0.5) is 0 Å². The van der Waals surface area contributed by atoms with Gasteiger partial charge in [-0.15, -0.1) is 0 Å². The zero-order valence-corrected chi connectivity index (χ0v) is 14.9. The van der Waals surface area contributed by atoms with Crippen molar-refractivity contribution in [1.29, 1.82) is 0 Å². The summed E-state index contributed by atoms with van der Waals surface area (Å²) in [5, 5.41) is 12.9. The highest BCUT2D eigenvalue weighted by Crippen LogP contribution is 2.26. The van der Waals surface area contributed by atoms with Crippen molar-refractivity contribution < 1.29 is 19.1 Å². The van der Waals surface area contributed by atoms with Crippen LogP contribution in [0.5, 0.6) is 0 Å². The summed E-state index contributed by atoms with van der Waals surface area (Å²) in [4.78, 5) is 23.0. The molecule has 0 saturated carbocycles. The minimum absolute atomic E-state index is 0.225. The number of hydrogen-bond donors (Lipinski definition) is 2. The molecule has 0 aliphatic rings. The minimum Gasteiger partial charge on any atom is -0.478 e. The number of furan rings is 1. The Morgan fingerprint density at radius 2 is 1.70 bits per heavy atom. The molecule has 1 aromatic heterocycles. The van der Waals surface area contributed by atoms with E-state index < -0.39 is 5.97 Å². The van der Waals surface area contributed by atoms with Gasteiger partial charge in [0.1, 0.15) is 11.5 Å². The quantitative estimate of drug-likeness (QED) is 0.529. The Morgan fingerprint density at radius 3 is 2.37 bits per heavy atom. The van der Waals surface area contributed by atoms with Gasteiger partial charge in [0.05, 0.1) is 11.8 Å². The van der Waals surface area contributed by atoms with Gasteiger partial charge in [-0.1, -0.05) is 23.8 Å². The van der Waals surface area contributed by atoms with Gasteiger partial charge in [0, 0.05) is 11.1 Å². The first kappa shape index (κ1) is 18.1. The molecule has 0 bridgehead atoms. The van der Waals surface area contributed by atoms with Crippen LogP contribution in [0.25, 0.3) is 11.3 Å². The third-order valence-corrected chi connectivity index (χ3v) is 4.04. The van der Waals surface area contributed by atoms with Crippen LogP contribution >= 0.6 is 0 Å². The number of nitrogens with one attached hydrogen (secondary N) is 1. The number of carbonyl (C=O) groups excluding carboxylic acids is 1. The number of carboxylic acid groups (broad SMARTS) is 1. The van der Waals surface area contributed by atoms with Crippen LogP contribution in [0.2, 0.25) is 0 Å². The summed E-state index contributed by atoms with van der Waals surface area (Å²) in [5.41, 5.74) is 5.86. The van der Waals surface area contributed by atoms with Gasteiger partial charge >= 0.3 is 5.97 Å². The topological polar surface area (TPSA) is 91.9 Å². The Morgan fingerprint density at radius 1 is 1.00 bits per heavy atom. The first-order valence-corrected chi connectivity index (χ1v) is 8.28. The molecule has 3 aromatic rings. The zero-order valence-electron chi connectivity index (χ0n) is 14.9. The third kappa shape index (κ3) is 4.30. The predicted molar refractivity (Wildman–Crippen MR) is 102 cm³/mol. The molecule has 0 spiro atoms. The van der Waals surface area contributed by atoms with Gasteiger partial charge < -0.3 is 9.52 Å². The van der Waals surface area contributed by atoms with Crippen molar-refractivity contribution in [2.24, 2.45) is 5.10 Å². The molecule has 0 atom stereocenters. The smallest absolute Gasteiger partial charge is 0.335 e. The third-order valence-electron chi connectivity index (χ3n) is 4.04. The fourth-order valence-corrected chi connectivity index (χ4v) is 2.56. The highest BCUT2D eigenvalue weighted by atomic mass is 16.4. The Bertz CT molecular complexity index is 1020. The van der Waals surface area contributed by atoms with Gasteiger partial charge in [-0.2, -0.15) is 5.10 Å². The molecule has 0 radical (unpaired) electrons. The van der Waals surface area contributed by atoms with Crippen molar-refractivity contribution in [1.82, 2.24) is 5.43 Å². The van der Waals surface area contributed by atoms with E-state index in [4.69, 9.17) is 9.52 Å². The van der Waals surface area contributed by atoms with Crippen molar-refractivity contribution in [3.63, 3.8) is 0 Å². The molecular weight excluding hydrogens is 344 g/mol. The van der Waals surface area contributed by atoms with Crippen LogP contribution < -0.4 is 5.43 Å². The molecule has 136 valence electrons. The summed E-state index contributed by atoms with van der Waals surface area (Å²) < 4.78 is 5.71. The van der Waals surface area contributed by atoms with Gasteiger partial charge in [-0.25, -0.2) is 10.2 Å². The van der Waals surface area contributed by atoms with E-state index in [2.05, 4.69) is 10.5 Å². The number of carboxylic acids is 1. The largest absolute Gasteiger partial charge is 0.478 e. The highest BCUT2D eigenvalue weighted by molar-refractivity contribution is 5.94. The summed E-state index contributed by atoms with van der Waals surface area (Å²) in [6.07, 6.45) is 1.41. The molecule has 0 unspecified atom stereocenters. The van der Waals surface area contributed by atoms with Gasteiger partial charge in [0.25, 0.3) is 5.91 Å². The Labute approximate surface area is 156 Å². The predicted octanol–water partition coefficient (Wildman–Crippen LogP) is 4.03. The Kier molecular flexibility index (Phi) is 5.17. The van der Waals surface area contributed by atoms with Gasteiger partial charge in [0.2, 0.25) is 0 Å². The molecule has 1 heterocycles. The van der Waals surface area contributed by atoms with Crippen LogP contribution in [0.3, 0.4) is 0 Å². The Hall–Kier alpha value is -3.67. The molecule has 3 rings (SSSR count). The maximum atomic E-state index is 12.0. The van der Waals surface area contributed by atoms with Crippen molar-refractivity contribution in [3.05, 3.63) is 82.6 Å². The van der Waals surface area contributed by atoms with E-state index in [9.17, 15) is 9.59 Å². The van der Waals surface area contributed by atoms with Crippen LogP contribution in [0.1, 0.15) is 37.6 Å². The lowest BCUT2D eigenvalue weighted by molar-refractivity contribution is 0.0696. The number of aryl methyl sites for hydroxylation is 2. The number of hydrogen-bond acceptors (Lipinski definition) is 4. The van der Waals surface area contributed by atoms with E-state index in [0.717, 1.165) is 16.7 Å². The molecule has 0 saturated heterocycles. The van der Waals surface area contributed by atoms with E-state index in [-0.39, 0.29) is 11.5 Å². The van der Waals surface area contributed by atoms with E-state index in [0.29, 0.717) is 17.1 Å². The van der Waals surface area contributed by atoms with E-state index in [1.54, 1.807) is 36.4 Å². The lowest BCUT2D eigenvalue weighted by Crippen LogP contribution is -2.17. The second-order valence-electron chi connectivity index (χ2n) is 6.10. The molecule has 2 aromatic carbocycles. The maximum absolute atomic E-state index is 12.0. The van der Waals surface area contributed by atoms with E-state index >= 15 is 0 Å². The van der Waals surface area contributed by atoms with Gasteiger partial charge in [-0.05, 0) is 55.8 Å². The SMILES string of the molecule is Cc1ccc(C(=O)N/N=C\c2ccc(-c3ccc(C(=O)O)cc3C)o2)cc1. The first-order valence-electron chi connectivity index (χ1n) is 8.28. The van der Waals surface area contributed by atoms with E-state index in [1.165, 1.54) is 12.3 Å². The number of carbonyl (C=O) groups is 2. The van der Waals surface area contributed by atoms with Gasteiger partial charge in [-0.3, -0.25) is 4.79 Å². The average Bonchev–Trinajstić information content (AvgIpc) is 3.10. The fourth-order valence-electron chi connectivity index (χ4n) is 2.56. The summed E-state index contributed by atoms with van der Waals surface area (Å²) in [6.45, 7) is 3.77.